The molecule has 188 valence electrons. The first kappa shape index (κ1) is 21.8. The van der Waals surface area contributed by atoms with Gasteiger partial charge in [0.2, 0.25) is 0 Å². The van der Waals surface area contributed by atoms with Crippen LogP contribution in [0.3, 0.4) is 0 Å². The van der Waals surface area contributed by atoms with Crippen molar-refractivity contribution in [3.05, 3.63) is 84.9 Å². The molecule has 39 heavy (non-hydrogen) atoms. The smallest absolute Gasteiger partial charge is 0.455 e. The maximum absolute atomic E-state index is 6.55. The molecule has 0 amide bonds. The lowest BCUT2D eigenvalue weighted by Gasteiger charge is -2.32. The highest BCUT2D eigenvalue weighted by Gasteiger charge is 2.51. The van der Waals surface area contributed by atoms with Crippen molar-refractivity contribution in [1.29, 1.82) is 0 Å². The average Bonchev–Trinajstić information content (AvgIpc) is 3.63. The summed E-state index contributed by atoms with van der Waals surface area (Å²) in [6.45, 7) is 8.35. The van der Waals surface area contributed by atoms with Crippen molar-refractivity contribution in [3.8, 4) is 0 Å². The monoisotopic (exact) mass is 507 g/mol. The number of benzene rings is 5. The molecule has 4 nitrogen and oxygen atoms in total. The number of hydrogen-bond acceptors (Lipinski definition) is 3. The topological polar surface area (TPSA) is 36.0 Å². The molecule has 5 aromatic carbocycles. The minimum Gasteiger partial charge on any atom is -0.455 e. The van der Waals surface area contributed by atoms with Crippen LogP contribution >= 0.6 is 0 Å². The maximum Gasteiger partial charge on any atom is 0.494 e. The summed E-state index contributed by atoms with van der Waals surface area (Å²) in [5.74, 6) is 0. The predicted molar refractivity (Wildman–Crippen MR) is 162 cm³/mol. The van der Waals surface area contributed by atoms with Gasteiger partial charge in [-0.25, -0.2) is 0 Å². The number of rotatable bonds is 1. The van der Waals surface area contributed by atoms with Crippen LogP contribution in [0.2, 0.25) is 0 Å². The van der Waals surface area contributed by atoms with Gasteiger partial charge in [-0.15, -0.1) is 0 Å². The molecule has 0 unspecified atom stereocenters. The molecule has 0 radical (unpaired) electrons. The fourth-order valence-electron chi connectivity index (χ4n) is 6.69. The van der Waals surface area contributed by atoms with Gasteiger partial charge in [-0.2, -0.15) is 0 Å². The van der Waals surface area contributed by atoms with Crippen molar-refractivity contribution in [2.75, 3.05) is 0 Å². The van der Waals surface area contributed by atoms with Crippen LogP contribution in [0.25, 0.3) is 70.8 Å². The van der Waals surface area contributed by atoms with E-state index in [1.165, 1.54) is 43.5 Å². The normalized spacial score (nSPS) is 17.4. The molecule has 1 saturated heterocycles. The molecule has 0 saturated carbocycles. The second-order valence-electron chi connectivity index (χ2n) is 12.0. The van der Waals surface area contributed by atoms with E-state index in [1.807, 2.05) is 6.07 Å². The van der Waals surface area contributed by atoms with E-state index in [-0.39, 0.29) is 11.2 Å². The molecule has 5 heteroatoms. The van der Waals surface area contributed by atoms with Crippen LogP contribution in [0.5, 0.6) is 0 Å². The first-order valence-electron chi connectivity index (χ1n) is 13.6. The lowest BCUT2D eigenvalue weighted by Crippen LogP contribution is -2.41. The van der Waals surface area contributed by atoms with E-state index in [1.54, 1.807) is 0 Å². The van der Waals surface area contributed by atoms with Crippen LogP contribution in [-0.2, 0) is 9.31 Å². The van der Waals surface area contributed by atoms with Gasteiger partial charge in [0, 0.05) is 43.1 Å². The van der Waals surface area contributed by atoms with Crippen molar-refractivity contribution < 1.29 is 13.7 Å². The second kappa shape index (κ2) is 6.92. The molecule has 0 N–H and O–H groups in total. The SMILES string of the molecule is CC1(C)OB(c2ccc3oc4c(ccc5c4ccc4c6cccc7c8ccccc8n(c54)c76)c3c2)OC1(C)C. The molecule has 9 rings (SSSR count). The van der Waals surface area contributed by atoms with E-state index in [2.05, 4.69) is 111 Å². The third kappa shape index (κ3) is 2.62. The number of aromatic nitrogens is 1. The molecule has 1 aliphatic rings. The average molecular weight is 507 g/mol. The number of para-hydroxylation sites is 2. The van der Waals surface area contributed by atoms with Gasteiger partial charge >= 0.3 is 7.12 Å². The van der Waals surface area contributed by atoms with Gasteiger partial charge in [-0.1, -0.05) is 60.7 Å². The minimum atomic E-state index is -0.406. The first-order chi connectivity index (χ1) is 18.8. The molecular weight excluding hydrogens is 481 g/mol. The molecule has 0 aliphatic carbocycles. The zero-order valence-corrected chi connectivity index (χ0v) is 22.3. The summed E-state index contributed by atoms with van der Waals surface area (Å²) in [4.78, 5) is 0. The number of nitrogens with zero attached hydrogens (tertiary/aromatic N) is 1. The van der Waals surface area contributed by atoms with Gasteiger partial charge in [-0.05, 0) is 57.4 Å². The van der Waals surface area contributed by atoms with Crippen molar-refractivity contribution >= 4 is 83.4 Å². The molecular formula is C34H26BNO3. The van der Waals surface area contributed by atoms with Gasteiger partial charge in [0.05, 0.1) is 27.8 Å². The van der Waals surface area contributed by atoms with E-state index >= 15 is 0 Å². The molecule has 0 atom stereocenters. The largest absolute Gasteiger partial charge is 0.494 e. The van der Waals surface area contributed by atoms with Crippen LogP contribution in [0.1, 0.15) is 27.7 Å². The Bertz CT molecular complexity index is 2290. The zero-order valence-electron chi connectivity index (χ0n) is 22.3. The summed E-state index contributed by atoms with van der Waals surface area (Å²) in [6.07, 6.45) is 0. The second-order valence-corrected chi connectivity index (χ2v) is 12.0. The number of fused-ring (bicyclic) bond motifs is 12. The Morgan fingerprint density at radius 1 is 0.564 bits per heavy atom. The third-order valence-corrected chi connectivity index (χ3v) is 9.36. The maximum atomic E-state index is 6.55. The zero-order chi connectivity index (χ0) is 26.3. The Hall–Kier alpha value is -4.06. The predicted octanol–water partition coefficient (Wildman–Crippen LogP) is 8.19. The molecule has 1 aliphatic heterocycles. The quantitative estimate of drug-likeness (QED) is 0.210. The molecule has 1 fully saturated rings. The van der Waals surface area contributed by atoms with Gasteiger partial charge in [0.25, 0.3) is 0 Å². The van der Waals surface area contributed by atoms with Crippen LogP contribution < -0.4 is 5.46 Å². The summed E-state index contributed by atoms with van der Waals surface area (Å²) in [5.41, 5.74) is 5.80. The fourth-order valence-corrected chi connectivity index (χ4v) is 6.69. The fraction of sp³-hybridized carbons (Fsp3) is 0.176. The van der Waals surface area contributed by atoms with Gasteiger partial charge in [-0.3, -0.25) is 0 Å². The number of hydrogen-bond donors (Lipinski definition) is 0. The third-order valence-electron chi connectivity index (χ3n) is 9.36. The molecule has 0 bridgehead atoms. The van der Waals surface area contributed by atoms with Crippen molar-refractivity contribution in [3.63, 3.8) is 0 Å². The highest BCUT2D eigenvalue weighted by molar-refractivity contribution is 6.62. The Labute approximate surface area is 225 Å². The number of furan rings is 1. The summed E-state index contributed by atoms with van der Waals surface area (Å²) in [5, 5.41) is 9.65. The van der Waals surface area contributed by atoms with Crippen molar-refractivity contribution in [2.45, 2.75) is 38.9 Å². The lowest BCUT2D eigenvalue weighted by atomic mass is 9.78. The molecule has 3 aromatic heterocycles. The Morgan fingerprint density at radius 3 is 1.87 bits per heavy atom. The Morgan fingerprint density at radius 2 is 1.13 bits per heavy atom. The first-order valence-corrected chi connectivity index (χ1v) is 13.6. The molecule has 4 heterocycles. The molecule has 0 spiro atoms. The summed E-state index contributed by atoms with van der Waals surface area (Å²) in [7, 11) is -0.406. The Kier molecular flexibility index (Phi) is 3.88. The van der Waals surface area contributed by atoms with Crippen LogP contribution in [0.4, 0.5) is 0 Å². The van der Waals surface area contributed by atoms with E-state index in [9.17, 15) is 0 Å². The highest BCUT2D eigenvalue weighted by Crippen LogP contribution is 2.43. The van der Waals surface area contributed by atoms with E-state index in [0.717, 1.165) is 32.8 Å². The van der Waals surface area contributed by atoms with Crippen molar-refractivity contribution in [2.24, 2.45) is 0 Å². The van der Waals surface area contributed by atoms with Crippen molar-refractivity contribution in [1.82, 2.24) is 4.40 Å². The summed E-state index contributed by atoms with van der Waals surface area (Å²) < 4.78 is 21.7. The van der Waals surface area contributed by atoms with E-state index < -0.39 is 7.12 Å². The minimum absolute atomic E-state index is 0.382. The molecule has 8 aromatic rings. The van der Waals surface area contributed by atoms with Gasteiger partial charge in [0.15, 0.2) is 0 Å². The van der Waals surface area contributed by atoms with Gasteiger partial charge < -0.3 is 18.1 Å². The van der Waals surface area contributed by atoms with Gasteiger partial charge in [0.1, 0.15) is 11.2 Å². The Balaban J connectivity index is 1.33. The standard InChI is InChI=1S/C34H26BNO3/c1-33(2)34(3,4)39-35(38-33)19-12-17-29-27(18-19)26-16-14-24-25(32(26)37-29)15-13-23-22-10-7-9-21-20-8-5-6-11-28(20)36(30(21)22)31(23)24/h5-18H,1-4H3. The van der Waals surface area contributed by atoms with Crippen LogP contribution in [-0.4, -0.2) is 22.7 Å². The lowest BCUT2D eigenvalue weighted by molar-refractivity contribution is 0.00578. The van der Waals surface area contributed by atoms with Crippen LogP contribution in [0, 0.1) is 0 Å². The van der Waals surface area contributed by atoms with E-state index in [4.69, 9.17) is 13.7 Å². The highest BCUT2D eigenvalue weighted by atomic mass is 16.7. The van der Waals surface area contributed by atoms with Crippen LogP contribution in [0.15, 0.2) is 89.3 Å². The summed E-state index contributed by atoms with van der Waals surface area (Å²) in [6, 6.07) is 30.6. The summed E-state index contributed by atoms with van der Waals surface area (Å²) >= 11 is 0. The van der Waals surface area contributed by atoms with E-state index in [0.29, 0.717) is 0 Å².